The number of nitrogens with one attached hydrogen (secondary N) is 2. The zero-order valence-electron chi connectivity index (χ0n) is 10.8. The molecule has 0 aromatic heterocycles. The topological polar surface area (TPSA) is 50.4 Å². The van der Waals surface area contributed by atoms with Crippen LogP contribution in [0.25, 0.3) is 0 Å². The van der Waals surface area contributed by atoms with Crippen molar-refractivity contribution in [1.82, 2.24) is 5.32 Å². The second kappa shape index (κ2) is 6.40. The molecule has 0 atom stereocenters. The SMILES string of the molecule is CNCCCC(=O)Nc1ccc2c(c1)CCCO2. The lowest BCUT2D eigenvalue weighted by Gasteiger charge is -2.18. The molecule has 18 heavy (non-hydrogen) atoms. The fourth-order valence-electron chi connectivity index (χ4n) is 2.09. The van der Waals surface area contributed by atoms with E-state index in [-0.39, 0.29) is 5.91 Å². The Morgan fingerprint density at radius 3 is 3.17 bits per heavy atom. The van der Waals surface area contributed by atoms with Crippen LogP contribution in [0.5, 0.6) is 5.75 Å². The molecule has 2 rings (SSSR count). The molecule has 1 heterocycles. The van der Waals surface area contributed by atoms with Gasteiger partial charge in [0.25, 0.3) is 0 Å². The number of fused-ring (bicyclic) bond motifs is 1. The lowest BCUT2D eigenvalue weighted by atomic mass is 10.1. The molecule has 0 unspecified atom stereocenters. The summed E-state index contributed by atoms with van der Waals surface area (Å²) in [5.74, 6) is 1.02. The van der Waals surface area contributed by atoms with Crippen molar-refractivity contribution in [3.05, 3.63) is 23.8 Å². The molecular weight excluding hydrogens is 228 g/mol. The zero-order chi connectivity index (χ0) is 12.8. The van der Waals surface area contributed by atoms with Crippen LogP contribution in [0.4, 0.5) is 5.69 Å². The molecule has 1 aliphatic rings. The van der Waals surface area contributed by atoms with Crippen LogP contribution in [-0.2, 0) is 11.2 Å². The lowest BCUT2D eigenvalue weighted by molar-refractivity contribution is -0.116. The molecule has 0 saturated carbocycles. The monoisotopic (exact) mass is 248 g/mol. The molecule has 0 fully saturated rings. The van der Waals surface area contributed by atoms with Crippen molar-refractivity contribution >= 4 is 11.6 Å². The number of amides is 1. The van der Waals surface area contributed by atoms with Crippen molar-refractivity contribution in [3.8, 4) is 5.75 Å². The fraction of sp³-hybridized carbons (Fsp3) is 0.500. The van der Waals surface area contributed by atoms with Crippen molar-refractivity contribution in [2.75, 3.05) is 25.5 Å². The maximum absolute atomic E-state index is 11.7. The number of carbonyl (C=O) groups excluding carboxylic acids is 1. The van der Waals surface area contributed by atoms with Crippen molar-refractivity contribution in [1.29, 1.82) is 0 Å². The molecule has 4 heteroatoms. The smallest absolute Gasteiger partial charge is 0.224 e. The molecule has 1 aromatic rings. The minimum atomic E-state index is 0.0712. The van der Waals surface area contributed by atoms with Crippen LogP contribution in [0.1, 0.15) is 24.8 Å². The van der Waals surface area contributed by atoms with Crippen LogP contribution >= 0.6 is 0 Å². The predicted molar refractivity (Wildman–Crippen MR) is 72.0 cm³/mol. The lowest BCUT2D eigenvalue weighted by Crippen LogP contribution is -2.15. The number of rotatable bonds is 5. The van der Waals surface area contributed by atoms with Gasteiger partial charge in [0.1, 0.15) is 5.75 Å². The zero-order valence-corrected chi connectivity index (χ0v) is 10.8. The highest BCUT2D eigenvalue weighted by Crippen LogP contribution is 2.27. The Hall–Kier alpha value is -1.55. The van der Waals surface area contributed by atoms with E-state index < -0.39 is 0 Å². The fourth-order valence-corrected chi connectivity index (χ4v) is 2.09. The summed E-state index contributed by atoms with van der Waals surface area (Å²) >= 11 is 0. The number of carbonyl (C=O) groups is 1. The van der Waals surface area contributed by atoms with E-state index in [9.17, 15) is 4.79 Å². The van der Waals surface area contributed by atoms with Gasteiger partial charge in [-0.2, -0.15) is 0 Å². The van der Waals surface area contributed by atoms with Crippen LogP contribution in [0.2, 0.25) is 0 Å². The van der Waals surface area contributed by atoms with Gasteiger partial charge in [-0.15, -0.1) is 0 Å². The number of anilines is 1. The van der Waals surface area contributed by atoms with E-state index in [0.29, 0.717) is 6.42 Å². The molecular formula is C14H20N2O2. The van der Waals surface area contributed by atoms with Gasteiger partial charge in [-0.25, -0.2) is 0 Å². The summed E-state index contributed by atoms with van der Waals surface area (Å²) in [4.78, 5) is 11.7. The quantitative estimate of drug-likeness (QED) is 0.783. The Labute approximate surface area is 108 Å². The first-order chi connectivity index (χ1) is 8.79. The molecule has 0 aliphatic carbocycles. The molecule has 1 amide bonds. The van der Waals surface area contributed by atoms with Gasteiger partial charge in [0, 0.05) is 12.1 Å². The largest absolute Gasteiger partial charge is 0.493 e. The van der Waals surface area contributed by atoms with Crippen LogP contribution < -0.4 is 15.4 Å². The second-order valence-corrected chi connectivity index (χ2v) is 4.53. The Balaban J connectivity index is 1.91. The molecule has 0 spiro atoms. The van der Waals surface area contributed by atoms with E-state index in [2.05, 4.69) is 10.6 Å². The van der Waals surface area contributed by atoms with Gasteiger partial charge < -0.3 is 15.4 Å². The maximum atomic E-state index is 11.7. The normalized spacial score (nSPS) is 13.6. The highest BCUT2D eigenvalue weighted by atomic mass is 16.5. The summed E-state index contributed by atoms with van der Waals surface area (Å²) in [6.07, 6.45) is 3.48. The first-order valence-electron chi connectivity index (χ1n) is 6.50. The van der Waals surface area contributed by atoms with Crippen LogP contribution in [0, 0.1) is 0 Å². The summed E-state index contributed by atoms with van der Waals surface area (Å²) in [5, 5.41) is 5.96. The average Bonchev–Trinajstić information content (AvgIpc) is 2.39. The molecule has 1 aromatic carbocycles. The average molecular weight is 248 g/mol. The number of hydrogen-bond acceptors (Lipinski definition) is 3. The summed E-state index contributed by atoms with van der Waals surface area (Å²) in [7, 11) is 1.89. The van der Waals surface area contributed by atoms with Gasteiger partial charge >= 0.3 is 0 Å². The van der Waals surface area contributed by atoms with E-state index >= 15 is 0 Å². The van der Waals surface area contributed by atoms with Gasteiger partial charge in [0.2, 0.25) is 5.91 Å². The Morgan fingerprint density at radius 2 is 2.33 bits per heavy atom. The number of aryl methyl sites for hydroxylation is 1. The van der Waals surface area contributed by atoms with E-state index in [4.69, 9.17) is 4.74 Å². The van der Waals surface area contributed by atoms with Crippen LogP contribution in [-0.4, -0.2) is 26.1 Å². The van der Waals surface area contributed by atoms with E-state index in [1.807, 2.05) is 25.2 Å². The number of hydrogen-bond donors (Lipinski definition) is 2. The molecule has 0 radical (unpaired) electrons. The minimum absolute atomic E-state index is 0.0712. The molecule has 0 saturated heterocycles. The third-order valence-corrected chi connectivity index (χ3v) is 3.02. The molecule has 4 nitrogen and oxygen atoms in total. The van der Waals surface area contributed by atoms with Crippen LogP contribution in [0.3, 0.4) is 0 Å². The predicted octanol–water partition coefficient (Wildman–Crippen LogP) is 1.95. The van der Waals surface area contributed by atoms with Crippen molar-refractivity contribution in [2.45, 2.75) is 25.7 Å². The Bertz CT molecular complexity index is 418. The maximum Gasteiger partial charge on any atom is 0.224 e. The van der Waals surface area contributed by atoms with Gasteiger partial charge in [-0.3, -0.25) is 4.79 Å². The van der Waals surface area contributed by atoms with Gasteiger partial charge in [-0.05, 0) is 56.6 Å². The first kappa shape index (κ1) is 12.9. The van der Waals surface area contributed by atoms with Gasteiger partial charge in [0.15, 0.2) is 0 Å². The van der Waals surface area contributed by atoms with Gasteiger partial charge in [0.05, 0.1) is 6.61 Å². The molecule has 2 N–H and O–H groups in total. The summed E-state index contributed by atoms with van der Waals surface area (Å²) in [5.41, 5.74) is 2.06. The highest BCUT2D eigenvalue weighted by molar-refractivity contribution is 5.90. The molecule has 98 valence electrons. The third-order valence-electron chi connectivity index (χ3n) is 3.02. The standard InChI is InChI=1S/C14H20N2O2/c1-15-8-2-5-14(17)16-12-6-7-13-11(10-12)4-3-9-18-13/h6-7,10,15H,2-5,8-9H2,1H3,(H,16,17). The second-order valence-electron chi connectivity index (χ2n) is 4.53. The van der Waals surface area contributed by atoms with Gasteiger partial charge in [-0.1, -0.05) is 0 Å². The summed E-state index contributed by atoms with van der Waals surface area (Å²) in [6.45, 7) is 1.66. The van der Waals surface area contributed by atoms with Crippen LogP contribution in [0.15, 0.2) is 18.2 Å². The summed E-state index contributed by atoms with van der Waals surface area (Å²) < 4.78 is 5.54. The first-order valence-corrected chi connectivity index (χ1v) is 6.50. The Kier molecular flexibility index (Phi) is 4.59. The Morgan fingerprint density at radius 1 is 1.44 bits per heavy atom. The van der Waals surface area contributed by atoms with E-state index in [1.165, 1.54) is 5.56 Å². The molecule has 0 bridgehead atoms. The number of benzene rings is 1. The van der Waals surface area contributed by atoms with Crippen molar-refractivity contribution in [3.63, 3.8) is 0 Å². The van der Waals surface area contributed by atoms with Crippen molar-refractivity contribution in [2.24, 2.45) is 0 Å². The van der Waals surface area contributed by atoms with E-state index in [0.717, 1.165) is 43.9 Å². The minimum Gasteiger partial charge on any atom is -0.493 e. The summed E-state index contributed by atoms with van der Waals surface area (Å²) in [6, 6.07) is 5.86. The third kappa shape index (κ3) is 3.47. The van der Waals surface area contributed by atoms with E-state index in [1.54, 1.807) is 0 Å². The van der Waals surface area contributed by atoms with Crippen molar-refractivity contribution < 1.29 is 9.53 Å². The number of ether oxygens (including phenoxy) is 1. The molecule has 1 aliphatic heterocycles. The highest BCUT2D eigenvalue weighted by Gasteiger charge is 2.11.